The number of hydrogen-bond acceptors (Lipinski definition) is 3. The van der Waals surface area contributed by atoms with Gasteiger partial charge in [0.05, 0.1) is 22.8 Å². The minimum atomic E-state index is -4.63. The summed E-state index contributed by atoms with van der Waals surface area (Å²) in [4.78, 5) is 12.0. The number of nitrogens with one attached hydrogen (secondary N) is 1. The Balaban J connectivity index is 2.22. The SMILES string of the molecule is CC1=C(Oc2ccccc2)C(c2ccccc2C(F)(F)F)C(C(=O)O)=C(C)N1. The van der Waals surface area contributed by atoms with Crippen molar-refractivity contribution in [1.29, 1.82) is 0 Å². The minimum Gasteiger partial charge on any atom is -0.478 e. The van der Waals surface area contributed by atoms with Crippen LogP contribution in [0.1, 0.15) is 30.9 Å². The third kappa shape index (κ3) is 3.74. The number of carbonyl (C=O) groups is 1. The number of para-hydroxylation sites is 1. The third-order valence-corrected chi connectivity index (χ3v) is 4.48. The number of hydrogen-bond donors (Lipinski definition) is 2. The number of benzene rings is 2. The molecule has 7 heteroatoms. The van der Waals surface area contributed by atoms with Crippen molar-refractivity contribution in [3.8, 4) is 5.75 Å². The number of carboxylic acids is 1. The predicted molar refractivity (Wildman–Crippen MR) is 97.4 cm³/mol. The van der Waals surface area contributed by atoms with Crippen molar-refractivity contribution in [1.82, 2.24) is 5.32 Å². The van der Waals surface area contributed by atoms with E-state index in [0.29, 0.717) is 11.4 Å². The van der Waals surface area contributed by atoms with E-state index in [1.807, 2.05) is 0 Å². The van der Waals surface area contributed by atoms with Crippen LogP contribution in [0.25, 0.3) is 0 Å². The number of aliphatic carboxylic acids is 1. The summed E-state index contributed by atoms with van der Waals surface area (Å²) in [6.07, 6.45) is -4.63. The number of halogens is 3. The molecule has 0 saturated heterocycles. The molecule has 4 nitrogen and oxygen atoms in total. The van der Waals surface area contributed by atoms with Crippen LogP contribution in [0.2, 0.25) is 0 Å². The average molecular weight is 389 g/mol. The average Bonchev–Trinajstić information content (AvgIpc) is 2.63. The topological polar surface area (TPSA) is 58.6 Å². The molecule has 1 aliphatic heterocycles. The zero-order chi connectivity index (χ0) is 20.5. The summed E-state index contributed by atoms with van der Waals surface area (Å²) in [5.74, 6) is -2.01. The van der Waals surface area contributed by atoms with Crippen LogP contribution in [-0.2, 0) is 11.0 Å². The van der Waals surface area contributed by atoms with Crippen molar-refractivity contribution in [3.05, 3.63) is 88.5 Å². The second-order valence-electron chi connectivity index (χ2n) is 6.39. The molecule has 0 aromatic heterocycles. The molecule has 28 heavy (non-hydrogen) atoms. The van der Waals surface area contributed by atoms with E-state index in [9.17, 15) is 23.1 Å². The quantitative estimate of drug-likeness (QED) is 0.767. The third-order valence-electron chi connectivity index (χ3n) is 4.48. The standard InChI is InChI=1S/C21H18F3NO3/c1-12-17(20(26)27)18(15-10-6-7-11-16(15)21(22,23)24)19(13(2)25-12)28-14-8-4-3-5-9-14/h3-11,18,25H,1-2H3,(H,26,27). The number of dihydropyridines is 1. The lowest BCUT2D eigenvalue weighted by Gasteiger charge is -2.31. The van der Waals surface area contributed by atoms with Crippen LogP contribution in [0.5, 0.6) is 5.75 Å². The zero-order valence-corrected chi connectivity index (χ0v) is 15.2. The van der Waals surface area contributed by atoms with Crippen molar-refractivity contribution in [3.63, 3.8) is 0 Å². The Morgan fingerprint density at radius 3 is 2.21 bits per heavy atom. The Labute approximate surface area is 160 Å². The fourth-order valence-electron chi connectivity index (χ4n) is 3.31. The molecular formula is C21H18F3NO3. The maximum Gasteiger partial charge on any atom is 0.416 e. The second kappa shape index (κ2) is 7.42. The van der Waals surface area contributed by atoms with Crippen LogP contribution in [-0.4, -0.2) is 11.1 Å². The van der Waals surface area contributed by atoms with E-state index >= 15 is 0 Å². The molecule has 2 aromatic rings. The summed E-state index contributed by atoms with van der Waals surface area (Å²) in [6, 6.07) is 13.5. The highest BCUT2D eigenvalue weighted by Crippen LogP contribution is 2.44. The minimum absolute atomic E-state index is 0.117. The van der Waals surface area contributed by atoms with Gasteiger partial charge in [0.2, 0.25) is 0 Å². The first-order valence-electron chi connectivity index (χ1n) is 8.51. The highest BCUT2D eigenvalue weighted by molar-refractivity contribution is 5.91. The smallest absolute Gasteiger partial charge is 0.416 e. The van der Waals surface area contributed by atoms with Crippen molar-refractivity contribution in [2.24, 2.45) is 0 Å². The maximum atomic E-state index is 13.6. The van der Waals surface area contributed by atoms with Gasteiger partial charge in [-0.15, -0.1) is 0 Å². The molecule has 0 radical (unpaired) electrons. The van der Waals surface area contributed by atoms with Gasteiger partial charge in [-0.2, -0.15) is 13.2 Å². The molecule has 1 atom stereocenters. The molecule has 0 amide bonds. The molecule has 1 aliphatic rings. The Bertz CT molecular complexity index is 962. The summed E-state index contributed by atoms with van der Waals surface area (Å²) < 4.78 is 46.8. The molecule has 2 N–H and O–H groups in total. The molecular weight excluding hydrogens is 371 g/mol. The molecule has 1 heterocycles. The first-order chi connectivity index (χ1) is 13.2. The normalized spacial score (nSPS) is 17.4. The van der Waals surface area contributed by atoms with Crippen LogP contribution in [0.15, 0.2) is 77.3 Å². The molecule has 0 saturated carbocycles. The lowest BCUT2D eigenvalue weighted by molar-refractivity contribution is -0.139. The van der Waals surface area contributed by atoms with Gasteiger partial charge in [-0.05, 0) is 37.6 Å². The molecule has 146 valence electrons. The molecule has 0 bridgehead atoms. The summed E-state index contributed by atoms with van der Waals surface area (Å²) >= 11 is 0. The number of ether oxygens (including phenoxy) is 1. The van der Waals surface area contributed by atoms with Gasteiger partial charge in [-0.3, -0.25) is 0 Å². The van der Waals surface area contributed by atoms with Gasteiger partial charge in [0.1, 0.15) is 11.5 Å². The van der Waals surface area contributed by atoms with Crippen molar-refractivity contribution in [2.45, 2.75) is 25.9 Å². The van der Waals surface area contributed by atoms with Crippen molar-refractivity contribution >= 4 is 5.97 Å². The first-order valence-corrected chi connectivity index (χ1v) is 8.51. The van der Waals surface area contributed by atoms with Crippen LogP contribution >= 0.6 is 0 Å². The molecule has 0 aliphatic carbocycles. The van der Waals surface area contributed by atoms with Gasteiger partial charge in [-0.1, -0.05) is 36.4 Å². The van der Waals surface area contributed by atoms with Gasteiger partial charge in [0.25, 0.3) is 0 Å². The van der Waals surface area contributed by atoms with E-state index < -0.39 is 23.6 Å². The van der Waals surface area contributed by atoms with E-state index in [2.05, 4.69) is 5.32 Å². The van der Waals surface area contributed by atoms with Gasteiger partial charge < -0.3 is 15.2 Å². The van der Waals surface area contributed by atoms with Gasteiger partial charge >= 0.3 is 12.1 Å². The van der Waals surface area contributed by atoms with Crippen molar-refractivity contribution < 1.29 is 27.8 Å². The van der Waals surface area contributed by atoms with Crippen LogP contribution in [0, 0.1) is 0 Å². The number of allylic oxidation sites excluding steroid dienone is 3. The summed E-state index contributed by atoms with van der Waals surface area (Å²) in [7, 11) is 0. The Morgan fingerprint density at radius 1 is 1.00 bits per heavy atom. The van der Waals surface area contributed by atoms with E-state index in [-0.39, 0.29) is 22.6 Å². The highest BCUT2D eigenvalue weighted by atomic mass is 19.4. The van der Waals surface area contributed by atoms with E-state index in [0.717, 1.165) is 6.07 Å². The van der Waals surface area contributed by atoms with Crippen LogP contribution in [0.4, 0.5) is 13.2 Å². The summed E-state index contributed by atoms with van der Waals surface area (Å²) in [5.41, 5.74) is -0.525. The number of alkyl halides is 3. The van der Waals surface area contributed by atoms with Crippen LogP contribution < -0.4 is 10.1 Å². The van der Waals surface area contributed by atoms with E-state index in [4.69, 9.17) is 4.74 Å². The number of carboxylic acid groups (broad SMARTS) is 1. The van der Waals surface area contributed by atoms with E-state index in [1.165, 1.54) is 25.1 Å². The first kappa shape index (κ1) is 19.5. The fraction of sp³-hybridized carbons (Fsp3) is 0.190. The molecule has 0 spiro atoms. The lowest BCUT2D eigenvalue weighted by atomic mass is 9.82. The van der Waals surface area contributed by atoms with Gasteiger partial charge in [0.15, 0.2) is 0 Å². The Kier molecular flexibility index (Phi) is 5.18. The largest absolute Gasteiger partial charge is 0.478 e. The second-order valence-corrected chi connectivity index (χ2v) is 6.39. The summed E-state index contributed by atoms with van der Waals surface area (Å²) in [5, 5.41) is 12.7. The maximum absolute atomic E-state index is 13.6. The predicted octanol–water partition coefficient (Wildman–Crippen LogP) is 5.06. The molecule has 2 aromatic carbocycles. The Morgan fingerprint density at radius 2 is 1.61 bits per heavy atom. The van der Waals surface area contributed by atoms with Gasteiger partial charge in [0, 0.05) is 5.70 Å². The highest BCUT2D eigenvalue weighted by Gasteiger charge is 2.41. The Hall–Kier alpha value is -3.22. The molecule has 3 rings (SSSR count). The monoisotopic (exact) mass is 389 g/mol. The van der Waals surface area contributed by atoms with Crippen LogP contribution in [0.3, 0.4) is 0 Å². The van der Waals surface area contributed by atoms with E-state index in [1.54, 1.807) is 37.3 Å². The zero-order valence-electron chi connectivity index (χ0n) is 15.2. The summed E-state index contributed by atoms with van der Waals surface area (Å²) in [6.45, 7) is 3.17. The number of rotatable bonds is 4. The molecule has 1 unspecified atom stereocenters. The fourth-order valence-corrected chi connectivity index (χ4v) is 3.31. The van der Waals surface area contributed by atoms with Gasteiger partial charge in [-0.25, -0.2) is 4.79 Å². The van der Waals surface area contributed by atoms with Crippen molar-refractivity contribution in [2.75, 3.05) is 0 Å². The lowest BCUT2D eigenvalue weighted by Crippen LogP contribution is -2.31. The molecule has 0 fully saturated rings.